The first-order chi connectivity index (χ1) is 9.07. The van der Waals surface area contributed by atoms with Crippen molar-refractivity contribution < 1.29 is 27.1 Å². The molecule has 0 spiro atoms. The van der Waals surface area contributed by atoms with Crippen LogP contribution in [-0.2, 0) is 14.8 Å². The number of carboxylic acids is 1. The van der Waals surface area contributed by atoms with Crippen molar-refractivity contribution in [1.82, 2.24) is 9.71 Å². The van der Waals surface area contributed by atoms with E-state index in [2.05, 4.69) is 4.98 Å². The number of hydrogen-bond acceptors (Lipinski definition) is 4. The van der Waals surface area contributed by atoms with Crippen molar-refractivity contribution in [2.45, 2.75) is 37.1 Å². The molecule has 112 valence electrons. The van der Waals surface area contributed by atoms with Gasteiger partial charge in [0, 0.05) is 12.4 Å². The van der Waals surface area contributed by atoms with Crippen LogP contribution in [0.5, 0.6) is 0 Å². The highest BCUT2D eigenvalue weighted by molar-refractivity contribution is 7.89. The first-order valence-electron chi connectivity index (χ1n) is 5.52. The molecule has 9 heteroatoms. The van der Waals surface area contributed by atoms with Crippen molar-refractivity contribution in [1.29, 1.82) is 0 Å². The molecular formula is C11H14F2N2O4S. The van der Waals surface area contributed by atoms with Gasteiger partial charge >= 0.3 is 5.97 Å². The van der Waals surface area contributed by atoms with E-state index in [-0.39, 0.29) is 4.90 Å². The van der Waals surface area contributed by atoms with E-state index < -0.39 is 34.4 Å². The summed E-state index contributed by atoms with van der Waals surface area (Å²) in [5, 5.41) is 8.63. The van der Waals surface area contributed by atoms with Crippen LogP contribution < -0.4 is 4.72 Å². The number of aryl methyl sites for hydroxylation is 1. The number of carboxylic acid groups (broad SMARTS) is 1. The van der Waals surface area contributed by atoms with Crippen molar-refractivity contribution in [2.75, 3.05) is 0 Å². The molecule has 0 radical (unpaired) electrons. The molecule has 0 aliphatic carbocycles. The molecule has 0 aliphatic heterocycles. The van der Waals surface area contributed by atoms with Crippen molar-refractivity contribution in [3.63, 3.8) is 0 Å². The number of alkyl halides is 2. The third-order valence-electron chi connectivity index (χ3n) is 2.53. The molecule has 0 fully saturated rings. The average Bonchev–Trinajstić information content (AvgIpc) is 2.26. The van der Waals surface area contributed by atoms with Gasteiger partial charge in [0.15, 0.2) is 0 Å². The van der Waals surface area contributed by atoms with Crippen LogP contribution >= 0.6 is 0 Å². The second-order valence-electron chi connectivity index (χ2n) is 4.59. The first kappa shape index (κ1) is 16.4. The summed E-state index contributed by atoms with van der Waals surface area (Å²) in [5.41, 5.74) is -1.86. The Morgan fingerprint density at radius 3 is 2.55 bits per heavy atom. The van der Waals surface area contributed by atoms with Gasteiger partial charge in [-0.2, -0.15) is 4.72 Å². The average molecular weight is 308 g/mol. The number of nitrogens with one attached hydrogen (secondary N) is 1. The summed E-state index contributed by atoms with van der Waals surface area (Å²) in [6.07, 6.45) is -1.81. The third-order valence-corrected chi connectivity index (χ3v) is 4.11. The fourth-order valence-electron chi connectivity index (χ4n) is 1.51. The number of rotatable bonds is 6. The van der Waals surface area contributed by atoms with Gasteiger partial charge in [-0.3, -0.25) is 9.78 Å². The number of pyridine rings is 1. The SMILES string of the molecule is Cc1cncc(S(=O)(=O)NC(C)(CC(=O)O)C(F)F)c1. The van der Waals surface area contributed by atoms with Crippen LogP contribution in [0.1, 0.15) is 18.9 Å². The fraction of sp³-hybridized carbons (Fsp3) is 0.455. The monoisotopic (exact) mass is 308 g/mol. The van der Waals surface area contributed by atoms with E-state index in [0.717, 1.165) is 13.1 Å². The number of hydrogen-bond donors (Lipinski definition) is 2. The number of halogens is 2. The van der Waals surface area contributed by atoms with Gasteiger partial charge in [-0.25, -0.2) is 17.2 Å². The van der Waals surface area contributed by atoms with Crippen LogP contribution in [0.15, 0.2) is 23.4 Å². The highest BCUT2D eigenvalue weighted by atomic mass is 32.2. The Bertz CT molecular complexity index is 606. The predicted molar refractivity (Wildman–Crippen MR) is 66.0 cm³/mol. The molecule has 0 aliphatic rings. The second-order valence-corrected chi connectivity index (χ2v) is 6.27. The van der Waals surface area contributed by atoms with Crippen LogP contribution in [0.4, 0.5) is 8.78 Å². The van der Waals surface area contributed by atoms with E-state index >= 15 is 0 Å². The zero-order valence-corrected chi connectivity index (χ0v) is 11.6. The van der Waals surface area contributed by atoms with E-state index in [1.165, 1.54) is 12.3 Å². The van der Waals surface area contributed by atoms with Crippen LogP contribution in [0.3, 0.4) is 0 Å². The summed E-state index contributed by atoms with van der Waals surface area (Å²) in [7, 11) is -4.29. The Morgan fingerprint density at radius 1 is 1.50 bits per heavy atom. The van der Waals surface area contributed by atoms with Crippen molar-refractivity contribution in [2.24, 2.45) is 0 Å². The van der Waals surface area contributed by atoms with Crippen molar-refractivity contribution in [3.8, 4) is 0 Å². The van der Waals surface area contributed by atoms with Crippen molar-refractivity contribution >= 4 is 16.0 Å². The van der Waals surface area contributed by atoms with Gasteiger partial charge in [-0.15, -0.1) is 0 Å². The summed E-state index contributed by atoms with van der Waals surface area (Å²) in [6, 6.07) is 1.25. The second kappa shape index (κ2) is 5.80. The Morgan fingerprint density at radius 2 is 2.10 bits per heavy atom. The highest BCUT2D eigenvalue weighted by Gasteiger charge is 2.41. The molecule has 1 aromatic rings. The molecule has 1 rings (SSSR count). The third kappa shape index (κ3) is 3.94. The van der Waals surface area contributed by atoms with Gasteiger partial charge in [0.2, 0.25) is 10.0 Å². The quantitative estimate of drug-likeness (QED) is 0.822. The van der Waals surface area contributed by atoms with Crippen LogP contribution in [0.25, 0.3) is 0 Å². The van der Waals surface area contributed by atoms with Gasteiger partial charge in [0.1, 0.15) is 10.4 Å². The van der Waals surface area contributed by atoms with Gasteiger partial charge < -0.3 is 5.11 Å². The van der Waals surface area contributed by atoms with Gasteiger partial charge in [-0.1, -0.05) is 0 Å². The van der Waals surface area contributed by atoms with Crippen LogP contribution in [0.2, 0.25) is 0 Å². The minimum Gasteiger partial charge on any atom is -0.481 e. The largest absolute Gasteiger partial charge is 0.481 e. The lowest BCUT2D eigenvalue weighted by molar-refractivity contribution is -0.140. The number of sulfonamides is 1. The van der Waals surface area contributed by atoms with E-state index in [0.29, 0.717) is 5.56 Å². The minimum atomic E-state index is -4.29. The Balaban J connectivity index is 3.13. The number of aliphatic carboxylic acids is 1. The number of nitrogens with zero attached hydrogens (tertiary/aromatic N) is 1. The molecule has 6 nitrogen and oxygen atoms in total. The molecule has 0 aromatic carbocycles. The zero-order chi connectivity index (χ0) is 15.6. The summed E-state index contributed by atoms with van der Waals surface area (Å²) in [4.78, 5) is 14.0. The molecule has 1 heterocycles. The van der Waals surface area contributed by atoms with E-state index in [9.17, 15) is 22.0 Å². The highest BCUT2D eigenvalue weighted by Crippen LogP contribution is 2.23. The summed E-state index contributed by atoms with van der Waals surface area (Å²) < 4.78 is 51.7. The summed E-state index contributed by atoms with van der Waals surface area (Å²) in [5.74, 6) is -1.53. The first-order valence-corrected chi connectivity index (χ1v) is 7.01. The molecule has 20 heavy (non-hydrogen) atoms. The van der Waals surface area contributed by atoms with E-state index in [1.54, 1.807) is 11.6 Å². The molecule has 2 N–H and O–H groups in total. The van der Waals surface area contributed by atoms with Crippen LogP contribution in [-0.4, -0.2) is 36.4 Å². The molecule has 0 saturated carbocycles. The lowest BCUT2D eigenvalue weighted by Gasteiger charge is -2.27. The maximum atomic E-state index is 13.0. The maximum absolute atomic E-state index is 13.0. The van der Waals surface area contributed by atoms with Gasteiger partial charge in [0.05, 0.1) is 6.42 Å². The number of carbonyl (C=O) groups is 1. The topological polar surface area (TPSA) is 96.4 Å². The standard InChI is InChI=1S/C11H14F2N2O4S/c1-7-3-8(6-14-5-7)20(18,19)15-11(2,10(12)13)4-9(16)17/h3,5-6,10,15H,4H2,1-2H3,(H,16,17). The molecule has 1 atom stereocenters. The zero-order valence-electron chi connectivity index (χ0n) is 10.8. The molecule has 0 saturated heterocycles. The Labute approximate surface area is 114 Å². The van der Waals surface area contributed by atoms with E-state index in [1.807, 2.05) is 0 Å². The smallest absolute Gasteiger partial charge is 0.305 e. The molecule has 1 unspecified atom stereocenters. The number of aromatic nitrogens is 1. The lowest BCUT2D eigenvalue weighted by Crippen LogP contribution is -2.52. The van der Waals surface area contributed by atoms with E-state index in [4.69, 9.17) is 5.11 Å². The Hall–Kier alpha value is -1.61. The Kier molecular flexibility index (Phi) is 4.77. The summed E-state index contributed by atoms with van der Waals surface area (Å²) in [6.45, 7) is 2.43. The maximum Gasteiger partial charge on any atom is 0.305 e. The lowest BCUT2D eigenvalue weighted by atomic mass is 10.0. The van der Waals surface area contributed by atoms with Crippen molar-refractivity contribution in [3.05, 3.63) is 24.0 Å². The molecule has 0 bridgehead atoms. The minimum absolute atomic E-state index is 0.297. The fourth-order valence-corrected chi connectivity index (χ4v) is 2.95. The normalized spacial score (nSPS) is 15.1. The van der Waals surface area contributed by atoms with Gasteiger partial charge in [0.25, 0.3) is 6.43 Å². The predicted octanol–water partition coefficient (Wildman–Crippen LogP) is 1.17. The molecule has 0 amide bonds. The molecule has 1 aromatic heterocycles. The van der Waals surface area contributed by atoms with Gasteiger partial charge in [-0.05, 0) is 25.5 Å². The summed E-state index contributed by atoms with van der Waals surface area (Å²) >= 11 is 0. The molecular weight excluding hydrogens is 294 g/mol. The van der Waals surface area contributed by atoms with Crippen LogP contribution in [0, 0.1) is 6.92 Å².